The van der Waals surface area contributed by atoms with Crippen LogP contribution >= 0.6 is 7.60 Å². The Hall–Kier alpha value is -1.43. The van der Waals surface area contributed by atoms with Crippen molar-refractivity contribution >= 4 is 19.5 Å². The normalized spacial score (nSPS) is 10.9. The fourth-order valence-corrected chi connectivity index (χ4v) is 2.89. The molecule has 0 bridgehead atoms. The number of carbonyl (C=O) groups is 2. The lowest BCUT2D eigenvalue weighted by atomic mass is 10.4. The van der Waals surface area contributed by atoms with Crippen LogP contribution in [0.4, 0.5) is 0 Å². The van der Waals surface area contributed by atoms with Gasteiger partial charge in [0.15, 0.2) is 0 Å². The molecule has 132 valence electrons. The van der Waals surface area contributed by atoms with Crippen LogP contribution in [0.5, 0.6) is 0 Å². The van der Waals surface area contributed by atoms with E-state index in [1.165, 1.54) is 13.8 Å². The van der Waals surface area contributed by atoms with Crippen molar-refractivity contribution in [2.24, 2.45) is 0 Å². The van der Waals surface area contributed by atoms with E-state index in [-0.39, 0.29) is 43.7 Å². The highest BCUT2D eigenvalue weighted by Gasteiger charge is 2.23. The molecule has 0 saturated heterocycles. The molecule has 0 saturated carbocycles. The summed E-state index contributed by atoms with van der Waals surface area (Å²) in [5.74, 6) is -1.07. The van der Waals surface area contributed by atoms with E-state index < -0.39 is 19.5 Å². The SMILES string of the molecule is C=C(C)C(=O)OCCOP(=O)(CCC)OCCOC(=O)C(=C)C. The summed E-state index contributed by atoms with van der Waals surface area (Å²) < 4.78 is 32.5. The Morgan fingerprint density at radius 2 is 1.26 bits per heavy atom. The van der Waals surface area contributed by atoms with Crippen molar-refractivity contribution in [2.45, 2.75) is 27.2 Å². The molecule has 0 aromatic rings. The molecule has 0 aromatic carbocycles. The van der Waals surface area contributed by atoms with Crippen LogP contribution in [0.15, 0.2) is 24.3 Å². The van der Waals surface area contributed by atoms with Crippen LogP contribution < -0.4 is 0 Å². The maximum atomic E-state index is 12.4. The van der Waals surface area contributed by atoms with Gasteiger partial charge in [0.25, 0.3) is 0 Å². The molecule has 23 heavy (non-hydrogen) atoms. The molecule has 0 aliphatic heterocycles. The van der Waals surface area contributed by atoms with Crippen molar-refractivity contribution in [3.05, 3.63) is 24.3 Å². The monoisotopic (exact) mass is 348 g/mol. The van der Waals surface area contributed by atoms with Gasteiger partial charge in [0.05, 0.1) is 13.2 Å². The second-order valence-corrected chi connectivity index (χ2v) is 7.02. The highest BCUT2D eigenvalue weighted by molar-refractivity contribution is 7.53. The summed E-state index contributed by atoms with van der Waals surface area (Å²) >= 11 is 0. The first kappa shape index (κ1) is 21.6. The predicted octanol–water partition coefficient (Wildman–Crippen LogP) is 2.86. The average Bonchev–Trinajstić information content (AvgIpc) is 2.47. The van der Waals surface area contributed by atoms with Crippen molar-refractivity contribution in [3.8, 4) is 0 Å². The van der Waals surface area contributed by atoms with Crippen LogP contribution in [-0.2, 0) is 32.7 Å². The Morgan fingerprint density at radius 1 is 0.870 bits per heavy atom. The van der Waals surface area contributed by atoms with Gasteiger partial charge in [-0.2, -0.15) is 0 Å². The van der Waals surface area contributed by atoms with Gasteiger partial charge in [-0.15, -0.1) is 0 Å². The van der Waals surface area contributed by atoms with E-state index in [0.29, 0.717) is 6.42 Å². The number of ether oxygens (including phenoxy) is 2. The summed E-state index contributed by atoms with van der Waals surface area (Å²) in [6.45, 7) is 11.6. The maximum absolute atomic E-state index is 12.4. The van der Waals surface area contributed by atoms with Crippen molar-refractivity contribution < 1.29 is 32.7 Å². The van der Waals surface area contributed by atoms with E-state index in [1.807, 2.05) is 6.92 Å². The molecule has 0 fully saturated rings. The zero-order valence-electron chi connectivity index (χ0n) is 14.0. The lowest BCUT2D eigenvalue weighted by molar-refractivity contribution is -0.140. The molecule has 0 aliphatic rings. The largest absolute Gasteiger partial charge is 0.460 e. The molecule has 0 radical (unpaired) electrons. The third-order valence-corrected chi connectivity index (χ3v) is 4.55. The minimum absolute atomic E-state index is 0.0482. The van der Waals surface area contributed by atoms with Gasteiger partial charge in [-0.05, 0) is 20.3 Å². The van der Waals surface area contributed by atoms with Gasteiger partial charge < -0.3 is 18.5 Å². The topological polar surface area (TPSA) is 88.1 Å². The molecule has 0 aliphatic carbocycles. The van der Waals surface area contributed by atoms with Gasteiger partial charge in [0.2, 0.25) is 0 Å². The highest BCUT2D eigenvalue weighted by atomic mass is 31.2. The first-order chi connectivity index (χ1) is 10.7. The van der Waals surface area contributed by atoms with E-state index in [4.69, 9.17) is 18.5 Å². The van der Waals surface area contributed by atoms with Gasteiger partial charge >= 0.3 is 19.5 Å². The van der Waals surface area contributed by atoms with Gasteiger partial charge in [-0.3, -0.25) is 4.57 Å². The fourth-order valence-electron chi connectivity index (χ4n) is 1.31. The smallest absolute Gasteiger partial charge is 0.333 e. The summed E-state index contributed by atoms with van der Waals surface area (Å²) in [5, 5.41) is 0. The molecule has 0 rings (SSSR count). The van der Waals surface area contributed by atoms with Gasteiger partial charge in [-0.25, -0.2) is 9.59 Å². The van der Waals surface area contributed by atoms with Crippen molar-refractivity contribution in [1.82, 2.24) is 0 Å². The van der Waals surface area contributed by atoms with Crippen LogP contribution in [0.3, 0.4) is 0 Å². The van der Waals surface area contributed by atoms with Crippen LogP contribution in [0, 0.1) is 0 Å². The second kappa shape index (κ2) is 11.2. The first-order valence-electron chi connectivity index (χ1n) is 7.25. The van der Waals surface area contributed by atoms with E-state index in [9.17, 15) is 14.2 Å². The van der Waals surface area contributed by atoms with Crippen LogP contribution in [0.1, 0.15) is 27.2 Å². The van der Waals surface area contributed by atoms with Crippen LogP contribution in [0.25, 0.3) is 0 Å². The van der Waals surface area contributed by atoms with E-state index in [1.54, 1.807) is 0 Å². The minimum Gasteiger partial charge on any atom is -0.460 e. The number of esters is 2. The molecule has 0 unspecified atom stereocenters. The zero-order valence-corrected chi connectivity index (χ0v) is 14.9. The molecule has 0 aromatic heterocycles. The Labute approximate surface area is 137 Å². The van der Waals surface area contributed by atoms with Crippen LogP contribution in [-0.4, -0.2) is 44.5 Å². The molecule has 0 atom stereocenters. The molecular formula is C15H25O7P. The third-order valence-electron chi connectivity index (χ3n) is 2.40. The van der Waals surface area contributed by atoms with Gasteiger partial charge in [-0.1, -0.05) is 20.1 Å². The number of hydrogen-bond acceptors (Lipinski definition) is 7. The maximum Gasteiger partial charge on any atom is 0.333 e. The summed E-state index contributed by atoms with van der Waals surface area (Å²) in [6, 6.07) is 0. The predicted molar refractivity (Wildman–Crippen MR) is 86.2 cm³/mol. The quantitative estimate of drug-likeness (QED) is 0.232. The standard InChI is InChI=1S/C15H25O7P/c1-6-11-23(18,21-9-7-19-14(16)12(2)3)22-10-8-20-15(17)13(4)5/h2,4,6-11H2,1,3,5H3. The Kier molecular flexibility index (Phi) is 10.5. The summed E-state index contributed by atoms with van der Waals surface area (Å²) in [4.78, 5) is 22.4. The Balaban J connectivity index is 4.16. The summed E-state index contributed by atoms with van der Waals surface area (Å²) in [5.41, 5.74) is 0.551. The Morgan fingerprint density at radius 3 is 1.57 bits per heavy atom. The van der Waals surface area contributed by atoms with Crippen molar-refractivity contribution in [1.29, 1.82) is 0 Å². The fraction of sp³-hybridized carbons (Fsp3) is 0.600. The van der Waals surface area contributed by atoms with Gasteiger partial charge in [0, 0.05) is 17.3 Å². The van der Waals surface area contributed by atoms with E-state index in [2.05, 4.69) is 13.2 Å². The summed E-state index contributed by atoms with van der Waals surface area (Å²) in [7, 11) is -3.31. The number of rotatable bonds is 12. The second-order valence-electron chi connectivity index (χ2n) is 4.83. The number of carbonyl (C=O) groups excluding carboxylic acids is 2. The number of hydrogen-bond donors (Lipinski definition) is 0. The Bertz CT molecular complexity index is 446. The molecule has 0 heterocycles. The molecule has 8 heteroatoms. The molecule has 0 amide bonds. The zero-order chi connectivity index (χ0) is 17.9. The lowest BCUT2D eigenvalue weighted by Gasteiger charge is -2.18. The lowest BCUT2D eigenvalue weighted by Crippen LogP contribution is -2.14. The van der Waals surface area contributed by atoms with Crippen LogP contribution in [0.2, 0.25) is 0 Å². The van der Waals surface area contributed by atoms with E-state index in [0.717, 1.165) is 0 Å². The molecule has 7 nitrogen and oxygen atoms in total. The summed E-state index contributed by atoms with van der Waals surface area (Å²) in [6.07, 6.45) is 0.810. The molecular weight excluding hydrogens is 323 g/mol. The molecule has 0 N–H and O–H groups in total. The highest BCUT2D eigenvalue weighted by Crippen LogP contribution is 2.48. The minimum atomic E-state index is -3.31. The van der Waals surface area contributed by atoms with Gasteiger partial charge in [0.1, 0.15) is 13.2 Å². The van der Waals surface area contributed by atoms with Crippen molar-refractivity contribution in [2.75, 3.05) is 32.6 Å². The third kappa shape index (κ3) is 10.0. The van der Waals surface area contributed by atoms with E-state index >= 15 is 0 Å². The molecule has 0 spiro atoms. The first-order valence-corrected chi connectivity index (χ1v) is 8.98. The van der Waals surface area contributed by atoms with Crippen molar-refractivity contribution in [3.63, 3.8) is 0 Å². The average molecular weight is 348 g/mol.